The standard InChI is InChI=1S/C19H20N2O3S2/c1-13-7-8-15-16(10-20)19(25-17(15)9-13)21-18(22)12-26(23,24)11-14-5-3-2-4-6-14/h2-6,13H,7-9,11-12H2,1H3,(H,21,22). The Morgan fingerprint density at radius 1 is 1.35 bits per heavy atom. The van der Waals surface area contributed by atoms with Crippen molar-refractivity contribution < 1.29 is 13.2 Å². The van der Waals surface area contributed by atoms with Crippen LogP contribution in [0.5, 0.6) is 0 Å². The Morgan fingerprint density at radius 2 is 2.08 bits per heavy atom. The summed E-state index contributed by atoms with van der Waals surface area (Å²) in [5.74, 6) is -0.803. The lowest BCUT2D eigenvalue weighted by Crippen LogP contribution is -2.23. The van der Waals surface area contributed by atoms with Crippen LogP contribution in [0.1, 0.15) is 34.9 Å². The first-order chi connectivity index (χ1) is 12.4. The highest BCUT2D eigenvalue weighted by atomic mass is 32.2. The Balaban J connectivity index is 1.71. The number of fused-ring (bicyclic) bond motifs is 1. The molecule has 1 unspecified atom stereocenters. The van der Waals surface area contributed by atoms with Crippen LogP contribution in [-0.4, -0.2) is 20.1 Å². The van der Waals surface area contributed by atoms with Gasteiger partial charge in [-0.3, -0.25) is 4.79 Å². The van der Waals surface area contributed by atoms with Gasteiger partial charge in [0.15, 0.2) is 9.84 Å². The number of amides is 1. The number of hydrogen-bond acceptors (Lipinski definition) is 5. The lowest BCUT2D eigenvalue weighted by molar-refractivity contribution is -0.113. The second-order valence-electron chi connectivity index (χ2n) is 6.73. The summed E-state index contributed by atoms with van der Waals surface area (Å²) in [5, 5.41) is 12.6. The second kappa shape index (κ2) is 7.60. The van der Waals surface area contributed by atoms with E-state index in [1.807, 2.05) is 6.07 Å². The number of hydrogen-bond donors (Lipinski definition) is 1. The quantitative estimate of drug-likeness (QED) is 0.851. The zero-order valence-electron chi connectivity index (χ0n) is 14.5. The molecule has 136 valence electrons. The van der Waals surface area contributed by atoms with Crippen molar-refractivity contribution in [2.24, 2.45) is 5.92 Å². The fourth-order valence-electron chi connectivity index (χ4n) is 3.20. The minimum Gasteiger partial charge on any atom is -0.316 e. The van der Waals surface area contributed by atoms with Crippen LogP contribution in [0.4, 0.5) is 5.00 Å². The van der Waals surface area contributed by atoms with Crippen molar-refractivity contribution in [1.29, 1.82) is 5.26 Å². The van der Waals surface area contributed by atoms with E-state index in [1.54, 1.807) is 24.3 Å². The van der Waals surface area contributed by atoms with Crippen molar-refractivity contribution in [3.63, 3.8) is 0 Å². The maximum Gasteiger partial charge on any atom is 0.240 e. The first-order valence-corrected chi connectivity index (χ1v) is 11.1. The van der Waals surface area contributed by atoms with E-state index < -0.39 is 21.5 Å². The molecule has 0 radical (unpaired) electrons. The lowest BCUT2D eigenvalue weighted by Gasteiger charge is -2.17. The van der Waals surface area contributed by atoms with Gasteiger partial charge in [-0.05, 0) is 36.3 Å². The normalized spacial score (nSPS) is 16.5. The molecule has 0 bridgehead atoms. The van der Waals surface area contributed by atoms with Gasteiger partial charge in [0.1, 0.15) is 16.8 Å². The summed E-state index contributed by atoms with van der Waals surface area (Å²) >= 11 is 1.40. The molecule has 26 heavy (non-hydrogen) atoms. The number of thiophene rings is 1. The molecule has 1 aromatic heterocycles. The van der Waals surface area contributed by atoms with E-state index in [0.717, 1.165) is 29.7 Å². The van der Waals surface area contributed by atoms with Crippen molar-refractivity contribution in [2.75, 3.05) is 11.1 Å². The van der Waals surface area contributed by atoms with E-state index in [0.29, 0.717) is 22.0 Å². The van der Waals surface area contributed by atoms with Gasteiger partial charge in [-0.15, -0.1) is 11.3 Å². The van der Waals surface area contributed by atoms with E-state index in [4.69, 9.17) is 0 Å². The zero-order chi connectivity index (χ0) is 18.7. The summed E-state index contributed by atoms with van der Waals surface area (Å²) in [6.07, 6.45) is 2.76. The second-order valence-corrected chi connectivity index (χ2v) is 9.90. The Morgan fingerprint density at radius 3 is 2.77 bits per heavy atom. The van der Waals surface area contributed by atoms with Gasteiger partial charge in [0.25, 0.3) is 0 Å². The lowest BCUT2D eigenvalue weighted by atomic mass is 9.89. The highest BCUT2D eigenvalue weighted by Crippen LogP contribution is 2.39. The summed E-state index contributed by atoms with van der Waals surface area (Å²) in [5.41, 5.74) is 2.15. The van der Waals surface area contributed by atoms with Gasteiger partial charge >= 0.3 is 0 Å². The number of carbonyl (C=O) groups is 1. The molecule has 0 fully saturated rings. The molecule has 3 rings (SSSR count). The van der Waals surface area contributed by atoms with Crippen molar-refractivity contribution in [1.82, 2.24) is 0 Å². The van der Waals surface area contributed by atoms with Gasteiger partial charge in [-0.1, -0.05) is 37.3 Å². The third-order valence-corrected chi connectivity index (χ3v) is 7.10. The highest BCUT2D eigenvalue weighted by Gasteiger charge is 2.25. The van der Waals surface area contributed by atoms with Crippen LogP contribution in [0, 0.1) is 17.2 Å². The minimum absolute atomic E-state index is 0.176. The molecule has 0 saturated carbocycles. The number of nitrogens with one attached hydrogen (secondary N) is 1. The fourth-order valence-corrected chi connectivity index (χ4v) is 5.85. The minimum atomic E-state index is -3.57. The fraction of sp³-hybridized carbons (Fsp3) is 0.368. The predicted octanol–water partition coefficient (Wildman–Crippen LogP) is 3.30. The largest absolute Gasteiger partial charge is 0.316 e. The first kappa shape index (κ1) is 18.6. The van der Waals surface area contributed by atoms with Gasteiger partial charge < -0.3 is 5.32 Å². The zero-order valence-corrected chi connectivity index (χ0v) is 16.1. The molecule has 1 aliphatic carbocycles. The summed E-state index contributed by atoms with van der Waals surface area (Å²) in [7, 11) is -3.57. The van der Waals surface area contributed by atoms with Gasteiger partial charge in [0.05, 0.1) is 11.3 Å². The summed E-state index contributed by atoms with van der Waals surface area (Å²) in [6.45, 7) is 2.17. The van der Waals surface area contributed by atoms with Crippen molar-refractivity contribution >= 4 is 32.1 Å². The average molecular weight is 389 g/mol. The Labute approximate surface area is 157 Å². The number of benzene rings is 1. The number of anilines is 1. The van der Waals surface area contributed by atoms with Gasteiger partial charge in [-0.25, -0.2) is 8.42 Å². The molecule has 1 amide bonds. The molecule has 1 heterocycles. The molecule has 7 heteroatoms. The first-order valence-electron chi connectivity index (χ1n) is 8.47. The smallest absolute Gasteiger partial charge is 0.240 e. The van der Waals surface area contributed by atoms with E-state index >= 15 is 0 Å². The number of sulfone groups is 1. The Bertz CT molecular complexity index is 957. The summed E-state index contributed by atoms with van der Waals surface area (Å²) in [6, 6.07) is 11.0. The number of carbonyl (C=O) groups excluding carboxylic acids is 1. The Kier molecular flexibility index (Phi) is 5.44. The van der Waals surface area contributed by atoms with E-state index in [2.05, 4.69) is 18.3 Å². The molecule has 1 atom stereocenters. The number of nitrogens with zero attached hydrogens (tertiary/aromatic N) is 1. The van der Waals surface area contributed by atoms with Crippen molar-refractivity contribution in [2.45, 2.75) is 31.9 Å². The van der Waals surface area contributed by atoms with Crippen LogP contribution in [0.3, 0.4) is 0 Å². The van der Waals surface area contributed by atoms with Crippen LogP contribution in [-0.2, 0) is 33.2 Å². The Hall–Kier alpha value is -2.17. The van der Waals surface area contributed by atoms with Crippen LogP contribution in [0.2, 0.25) is 0 Å². The van der Waals surface area contributed by atoms with E-state index in [1.165, 1.54) is 11.3 Å². The predicted molar refractivity (Wildman–Crippen MR) is 103 cm³/mol. The SMILES string of the molecule is CC1CCc2c(sc(NC(=O)CS(=O)(=O)Cc3ccccc3)c2C#N)C1. The molecule has 0 saturated heterocycles. The molecule has 5 nitrogen and oxygen atoms in total. The molecule has 0 spiro atoms. The molecular weight excluding hydrogens is 368 g/mol. The van der Waals surface area contributed by atoms with Gasteiger partial charge in [0.2, 0.25) is 5.91 Å². The average Bonchev–Trinajstić information content (AvgIpc) is 2.90. The molecule has 2 aromatic rings. The third-order valence-electron chi connectivity index (χ3n) is 4.46. The van der Waals surface area contributed by atoms with Crippen molar-refractivity contribution in [3.8, 4) is 6.07 Å². The molecule has 1 aliphatic rings. The van der Waals surface area contributed by atoms with Crippen LogP contribution < -0.4 is 5.32 Å². The van der Waals surface area contributed by atoms with Gasteiger partial charge in [-0.2, -0.15) is 5.26 Å². The summed E-state index contributed by atoms with van der Waals surface area (Å²) in [4.78, 5) is 13.4. The highest BCUT2D eigenvalue weighted by molar-refractivity contribution is 7.91. The molecule has 1 N–H and O–H groups in total. The van der Waals surface area contributed by atoms with Crippen LogP contribution >= 0.6 is 11.3 Å². The topological polar surface area (TPSA) is 87.0 Å². The summed E-state index contributed by atoms with van der Waals surface area (Å²) < 4.78 is 24.5. The van der Waals surface area contributed by atoms with E-state index in [-0.39, 0.29) is 5.75 Å². The van der Waals surface area contributed by atoms with Crippen LogP contribution in [0.25, 0.3) is 0 Å². The maximum absolute atomic E-state index is 12.3. The molecule has 0 aliphatic heterocycles. The van der Waals surface area contributed by atoms with E-state index in [9.17, 15) is 18.5 Å². The van der Waals surface area contributed by atoms with Gasteiger partial charge in [0, 0.05) is 4.88 Å². The molecular formula is C19H20N2O3S2. The molecule has 1 aromatic carbocycles. The monoisotopic (exact) mass is 388 g/mol. The third kappa shape index (κ3) is 4.32. The van der Waals surface area contributed by atoms with Crippen molar-refractivity contribution in [3.05, 3.63) is 51.9 Å². The van der Waals surface area contributed by atoms with Crippen LogP contribution in [0.15, 0.2) is 30.3 Å². The number of rotatable bonds is 5. The number of nitriles is 1. The maximum atomic E-state index is 12.3.